The van der Waals surface area contributed by atoms with Crippen molar-refractivity contribution in [2.45, 2.75) is 17.7 Å². The first-order valence-corrected chi connectivity index (χ1v) is 6.85. The number of ether oxygens (including phenoxy) is 2. The quantitative estimate of drug-likeness (QED) is 0.753. The minimum absolute atomic E-state index is 0.608. The van der Waals surface area contributed by atoms with Gasteiger partial charge in [0.15, 0.2) is 11.5 Å². The topological polar surface area (TPSA) is 61.5 Å². The van der Waals surface area contributed by atoms with E-state index >= 15 is 0 Å². The van der Waals surface area contributed by atoms with Crippen LogP contribution in [-0.4, -0.2) is 30.7 Å². The fourth-order valence-corrected chi connectivity index (χ4v) is 2.61. The lowest BCUT2D eigenvalue weighted by Gasteiger charge is -2.09. The minimum Gasteiger partial charge on any atom is -0.493 e. The van der Waals surface area contributed by atoms with Crippen LogP contribution in [0.5, 0.6) is 11.5 Å². The van der Waals surface area contributed by atoms with Crippen molar-refractivity contribution >= 4 is 10.8 Å². The molecule has 2 N–H and O–H groups in total. The molecule has 1 aromatic carbocycles. The first-order chi connectivity index (χ1) is 8.22. The summed E-state index contributed by atoms with van der Waals surface area (Å²) >= 11 is 0. The highest BCUT2D eigenvalue weighted by atomic mass is 32.2. The molecule has 0 saturated carbocycles. The van der Waals surface area contributed by atoms with E-state index in [-0.39, 0.29) is 0 Å². The maximum Gasteiger partial charge on any atom is 0.161 e. The van der Waals surface area contributed by atoms with Gasteiger partial charge in [-0.1, -0.05) is 0 Å². The normalized spacial score (nSPS) is 12.2. The van der Waals surface area contributed by atoms with Crippen molar-refractivity contribution < 1.29 is 13.7 Å². The van der Waals surface area contributed by atoms with E-state index in [1.165, 1.54) is 0 Å². The lowest BCUT2D eigenvalue weighted by atomic mass is 10.3. The third-order valence-corrected chi connectivity index (χ3v) is 3.84. The molecule has 0 aromatic heterocycles. The van der Waals surface area contributed by atoms with E-state index < -0.39 is 10.8 Å². The van der Waals surface area contributed by atoms with Crippen molar-refractivity contribution in [3.8, 4) is 11.5 Å². The van der Waals surface area contributed by atoms with Gasteiger partial charge in [-0.05, 0) is 31.5 Å². The van der Waals surface area contributed by atoms with Crippen molar-refractivity contribution in [3.05, 3.63) is 18.2 Å². The molecule has 0 amide bonds. The van der Waals surface area contributed by atoms with Gasteiger partial charge in [-0.2, -0.15) is 0 Å². The molecule has 96 valence electrons. The standard InChI is InChI=1S/C12H19NO3S/c1-15-11-6-5-10(9-12(11)16-2)17(14)8-4-3-7-13/h5-6,9H,3-4,7-8,13H2,1-2H3. The summed E-state index contributed by atoms with van der Waals surface area (Å²) in [6.45, 7) is 0.642. The van der Waals surface area contributed by atoms with Gasteiger partial charge in [-0.15, -0.1) is 0 Å². The highest BCUT2D eigenvalue weighted by Gasteiger charge is 2.09. The monoisotopic (exact) mass is 257 g/mol. The summed E-state index contributed by atoms with van der Waals surface area (Å²) in [6.07, 6.45) is 1.77. The van der Waals surface area contributed by atoms with Crippen LogP contribution in [0.3, 0.4) is 0 Å². The van der Waals surface area contributed by atoms with E-state index in [9.17, 15) is 4.21 Å². The van der Waals surface area contributed by atoms with Crippen molar-refractivity contribution in [2.75, 3.05) is 26.5 Å². The van der Waals surface area contributed by atoms with Crippen LogP contribution in [0.1, 0.15) is 12.8 Å². The molecule has 1 rings (SSSR count). The van der Waals surface area contributed by atoms with E-state index in [1.807, 2.05) is 0 Å². The predicted molar refractivity (Wildman–Crippen MR) is 69.1 cm³/mol. The maximum absolute atomic E-state index is 12.0. The fourth-order valence-electron chi connectivity index (χ4n) is 1.45. The summed E-state index contributed by atoms with van der Waals surface area (Å²) in [5.74, 6) is 1.89. The molecule has 1 atom stereocenters. The van der Waals surface area contributed by atoms with Gasteiger partial charge in [0.25, 0.3) is 0 Å². The third kappa shape index (κ3) is 4.02. The molecule has 0 bridgehead atoms. The second-order valence-corrected chi connectivity index (χ2v) is 5.13. The van der Waals surface area contributed by atoms with Gasteiger partial charge in [-0.3, -0.25) is 4.21 Å². The van der Waals surface area contributed by atoms with Gasteiger partial charge in [-0.25, -0.2) is 0 Å². The zero-order valence-electron chi connectivity index (χ0n) is 10.3. The molecular weight excluding hydrogens is 238 g/mol. The van der Waals surface area contributed by atoms with Gasteiger partial charge in [0.05, 0.1) is 25.0 Å². The second-order valence-electron chi connectivity index (χ2n) is 3.56. The Kier molecular flexibility index (Phi) is 6.00. The van der Waals surface area contributed by atoms with Crippen LogP contribution in [0.15, 0.2) is 23.1 Å². The van der Waals surface area contributed by atoms with E-state index in [0.717, 1.165) is 17.7 Å². The summed E-state index contributed by atoms with van der Waals surface area (Å²) in [5.41, 5.74) is 5.40. The first-order valence-electron chi connectivity index (χ1n) is 5.53. The highest BCUT2D eigenvalue weighted by molar-refractivity contribution is 7.85. The van der Waals surface area contributed by atoms with Crippen molar-refractivity contribution in [1.29, 1.82) is 0 Å². The van der Waals surface area contributed by atoms with Crippen LogP contribution in [0.25, 0.3) is 0 Å². The van der Waals surface area contributed by atoms with Gasteiger partial charge in [0.2, 0.25) is 0 Å². The Balaban J connectivity index is 2.74. The Morgan fingerprint density at radius 3 is 2.47 bits per heavy atom. The Hall–Kier alpha value is -1.07. The second kappa shape index (κ2) is 7.29. The Morgan fingerprint density at radius 1 is 1.18 bits per heavy atom. The molecule has 0 aliphatic carbocycles. The number of hydrogen-bond donors (Lipinski definition) is 1. The SMILES string of the molecule is COc1ccc(S(=O)CCCCN)cc1OC. The molecule has 1 unspecified atom stereocenters. The summed E-state index contributed by atoms with van der Waals surface area (Å²) < 4.78 is 22.3. The van der Waals surface area contributed by atoms with Crippen LogP contribution < -0.4 is 15.2 Å². The van der Waals surface area contributed by atoms with Gasteiger partial charge >= 0.3 is 0 Å². The van der Waals surface area contributed by atoms with Crippen LogP contribution in [0.2, 0.25) is 0 Å². The number of unbranched alkanes of at least 4 members (excludes halogenated alkanes) is 1. The molecule has 4 nitrogen and oxygen atoms in total. The van der Waals surface area contributed by atoms with E-state index in [2.05, 4.69) is 0 Å². The van der Waals surface area contributed by atoms with Gasteiger partial charge in [0.1, 0.15) is 0 Å². The van der Waals surface area contributed by atoms with Crippen LogP contribution in [0, 0.1) is 0 Å². The largest absolute Gasteiger partial charge is 0.493 e. The van der Waals surface area contributed by atoms with Crippen LogP contribution >= 0.6 is 0 Å². The molecule has 17 heavy (non-hydrogen) atoms. The third-order valence-electron chi connectivity index (χ3n) is 2.40. The molecule has 0 aliphatic rings. The number of rotatable bonds is 7. The first kappa shape index (κ1) is 14.0. The number of hydrogen-bond acceptors (Lipinski definition) is 4. The number of methoxy groups -OCH3 is 2. The van der Waals surface area contributed by atoms with Crippen molar-refractivity contribution in [2.24, 2.45) is 5.73 Å². The summed E-state index contributed by atoms with van der Waals surface area (Å²) in [7, 11) is 2.15. The van der Waals surface area contributed by atoms with E-state index in [0.29, 0.717) is 23.8 Å². The van der Waals surface area contributed by atoms with Gasteiger partial charge < -0.3 is 15.2 Å². The fraction of sp³-hybridized carbons (Fsp3) is 0.500. The van der Waals surface area contributed by atoms with E-state index in [4.69, 9.17) is 15.2 Å². The lowest BCUT2D eigenvalue weighted by Crippen LogP contribution is -2.04. The molecule has 0 saturated heterocycles. The number of nitrogens with two attached hydrogens (primary N) is 1. The maximum atomic E-state index is 12.0. The average Bonchev–Trinajstić information content (AvgIpc) is 2.38. The van der Waals surface area contributed by atoms with Crippen molar-refractivity contribution in [1.82, 2.24) is 0 Å². The Labute approximate surface area is 105 Å². The number of benzene rings is 1. The molecule has 0 spiro atoms. The Morgan fingerprint density at radius 2 is 1.88 bits per heavy atom. The summed E-state index contributed by atoms with van der Waals surface area (Å²) in [4.78, 5) is 0.764. The molecular formula is C12H19NO3S. The lowest BCUT2D eigenvalue weighted by molar-refractivity contribution is 0.354. The van der Waals surface area contributed by atoms with Crippen LogP contribution in [0.4, 0.5) is 0 Å². The van der Waals surface area contributed by atoms with Gasteiger partial charge in [0, 0.05) is 16.7 Å². The van der Waals surface area contributed by atoms with Crippen molar-refractivity contribution in [3.63, 3.8) is 0 Å². The summed E-state index contributed by atoms with van der Waals surface area (Å²) in [6, 6.07) is 5.34. The highest BCUT2D eigenvalue weighted by Crippen LogP contribution is 2.28. The summed E-state index contributed by atoms with van der Waals surface area (Å²) in [5, 5.41) is 0. The smallest absolute Gasteiger partial charge is 0.161 e. The predicted octanol–water partition coefficient (Wildman–Crippen LogP) is 1.55. The molecule has 5 heteroatoms. The minimum atomic E-state index is -0.998. The zero-order chi connectivity index (χ0) is 12.7. The zero-order valence-corrected chi connectivity index (χ0v) is 11.1. The Bertz CT molecular complexity index is 382. The molecule has 0 aliphatic heterocycles. The molecule has 0 fully saturated rings. The molecule has 1 aromatic rings. The molecule has 0 heterocycles. The average molecular weight is 257 g/mol. The van der Waals surface area contributed by atoms with E-state index in [1.54, 1.807) is 32.4 Å². The van der Waals surface area contributed by atoms with Crippen LogP contribution in [-0.2, 0) is 10.8 Å². The molecule has 0 radical (unpaired) electrons.